The molecule has 0 radical (unpaired) electrons. The molecule has 0 saturated heterocycles. The molecule has 3 heteroatoms. The van der Waals surface area contributed by atoms with E-state index in [4.69, 9.17) is 0 Å². The normalized spacial score (nSPS) is 12.5. The van der Waals surface area contributed by atoms with Crippen molar-refractivity contribution in [1.29, 1.82) is 0 Å². The summed E-state index contributed by atoms with van der Waals surface area (Å²) in [4.78, 5) is 20.6. The molecule has 0 aromatic heterocycles. The van der Waals surface area contributed by atoms with Crippen LogP contribution in [0.1, 0.15) is 1.43 Å². The van der Waals surface area contributed by atoms with Gasteiger partial charge in [0.25, 0.3) is 0 Å². The van der Waals surface area contributed by atoms with Gasteiger partial charge in [0, 0.05) is 0 Å². The molecule has 2 nitrogen and oxygen atoms in total. The van der Waals surface area contributed by atoms with Crippen LogP contribution >= 0.6 is 0 Å². The fourth-order valence-electron chi connectivity index (χ4n) is 0.825. The molecule has 1 aliphatic carbocycles. The van der Waals surface area contributed by atoms with Crippen LogP contribution in [0.5, 0.6) is 0 Å². The quantitative estimate of drug-likeness (QED) is 0.409. The summed E-state index contributed by atoms with van der Waals surface area (Å²) in [5.74, 6) is -0.241. The van der Waals surface area contributed by atoms with E-state index < -0.39 is 0 Å². The molecule has 0 amide bonds. The second-order valence-corrected chi connectivity index (χ2v) is 2.63. The van der Waals surface area contributed by atoms with Gasteiger partial charge in [0.2, 0.25) is 0 Å². The van der Waals surface area contributed by atoms with Crippen molar-refractivity contribution >= 4 is 11.6 Å². The molecule has 2 rings (SSSR count). The van der Waals surface area contributed by atoms with Gasteiger partial charge in [0.05, 0.1) is 0 Å². The summed E-state index contributed by atoms with van der Waals surface area (Å²) in [5, 5.41) is 0. The maximum absolute atomic E-state index is 10.3. The van der Waals surface area contributed by atoms with Crippen molar-refractivity contribution in [3.63, 3.8) is 0 Å². The molecule has 0 fully saturated rings. The zero-order chi connectivity index (χ0) is 10.2. The Balaban J connectivity index is 0. The van der Waals surface area contributed by atoms with Gasteiger partial charge in [-0.25, -0.2) is 0 Å². The van der Waals surface area contributed by atoms with E-state index in [0.717, 1.165) is 0 Å². The molecule has 0 unspecified atom stereocenters. The van der Waals surface area contributed by atoms with Crippen LogP contribution in [0.3, 0.4) is 0 Å². The van der Waals surface area contributed by atoms with E-state index in [1.807, 2.05) is 36.4 Å². The Morgan fingerprint density at radius 1 is 0.600 bits per heavy atom. The predicted molar refractivity (Wildman–Crippen MR) is 55.8 cm³/mol. The monoisotopic (exact) mass is 210 g/mol. The fraction of sp³-hybridized carbons (Fsp3) is 0. The van der Waals surface area contributed by atoms with Gasteiger partial charge in [-0.3, -0.25) is 9.59 Å². The number of hydrogen-bond donors (Lipinski definition) is 0. The molecule has 1 aromatic carbocycles. The van der Waals surface area contributed by atoms with Crippen molar-refractivity contribution < 1.29 is 40.6 Å². The number of hydrogen-bond acceptors (Lipinski definition) is 2. The van der Waals surface area contributed by atoms with E-state index in [1.54, 1.807) is 0 Å². The third kappa shape index (κ3) is 7.03. The van der Waals surface area contributed by atoms with Crippen molar-refractivity contribution in [2.24, 2.45) is 0 Å². The first kappa shape index (κ1) is 14.0. The van der Waals surface area contributed by atoms with E-state index in [9.17, 15) is 9.59 Å². The van der Waals surface area contributed by atoms with Crippen molar-refractivity contribution in [1.82, 2.24) is 0 Å². The molecule has 0 bridgehead atoms. The minimum Gasteiger partial charge on any atom is -1.00 e. The SMILES string of the molecule is O=C1C=CC(=O)C=C1.[H-].[Na+].c1ccccc1. The van der Waals surface area contributed by atoms with Crippen LogP contribution in [0.15, 0.2) is 60.7 Å². The van der Waals surface area contributed by atoms with Gasteiger partial charge in [-0.15, -0.1) is 0 Å². The average Bonchev–Trinajstić information content (AvgIpc) is 2.26. The summed E-state index contributed by atoms with van der Waals surface area (Å²) < 4.78 is 0. The van der Waals surface area contributed by atoms with Gasteiger partial charge in [0.1, 0.15) is 0 Å². The van der Waals surface area contributed by atoms with Gasteiger partial charge in [-0.05, 0) is 24.3 Å². The van der Waals surface area contributed by atoms with Crippen molar-refractivity contribution in [3.05, 3.63) is 60.7 Å². The van der Waals surface area contributed by atoms with Gasteiger partial charge in [-0.1, -0.05) is 36.4 Å². The van der Waals surface area contributed by atoms with Crippen molar-refractivity contribution in [2.45, 2.75) is 0 Å². The van der Waals surface area contributed by atoms with Gasteiger partial charge >= 0.3 is 29.6 Å². The Labute approximate surface area is 112 Å². The van der Waals surface area contributed by atoms with Gasteiger partial charge in [-0.2, -0.15) is 0 Å². The second-order valence-electron chi connectivity index (χ2n) is 2.63. The zero-order valence-corrected chi connectivity index (χ0v) is 10.6. The van der Waals surface area contributed by atoms with E-state index in [2.05, 4.69) is 0 Å². The summed E-state index contributed by atoms with van der Waals surface area (Å²) in [6.45, 7) is 0. The molecule has 72 valence electrons. The van der Waals surface area contributed by atoms with E-state index in [1.165, 1.54) is 24.3 Å². The van der Waals surface area contributed by atoms with Crippen molar-refractivity contribution in [3.8, 4) is 0 Å². The number of benzene rings is 1. The smallest absolute Gasteiger partial charge is 1.00 e. The number of rotatable bonds is 0. The van der Waals surface area contributed by atoms with Crippen LogP contribution in [0.25, 0.3) is 0 Å². The molecule has 0 spiro atoms. The number of carbonyl (C=O) groups is 2. The van der Waals surface area contributed by atoms with Crippen molar-refractivity contribution in [2.75, 3.05) is 0 Å². The number of carbonyl (C=O) groups excluding carboxylic acids is 2. The second kappa shape index (κ2) is 8.36. The summed E-state index contributed by atoms with van der Waals surface area (Å²) in [7, 11) is 0. The first-order chi connectivity index (χ1) is 6.79. The van der Waals surface area contributed by atoms with E-state index in [0.29, 0.717) is 0 Å². The Morgan fingerprint density at radius 3 is 1.00 bits per heavy atom. The summed E-state index contributed by atoms with van der Waals surface area (Å²) in [6, 6.07) is 12.0. The summed E-state index contributed by atoms with van der Waals surface area (Å²) >= 11 is 0. The Kier molecular flexibility index (Phi) is 7.82. The first-order valence-electron chi connectivity index (χ1n) is 4.23. The zero-order valence-electron chi connectivity index (χ0n) is 9.59. The van der Waals surface area contributed by atoms with Crippen LogP contribution in [0.2, 0.25) is 0 Å². The molecular formula is C12H11NaO2. The molecule has 1 aliphatic rings. The number of ketones is 2. The van der Waals surface area contributed by atoms with Crippen LogP contribution in [-0.2, 0) is 9.59 Å². The number of allylic oxidation sites excluding steroid dienone is 4. The largest absolute Gasteiger partial charge is 1.00 e. The Morgan fingerprint density at radius 2 is 0.800 bits per heavy atom. The van der Waals surface area contributed by atoms with Crippen LogP contribution in [0.4, 0.5) is 0 Å². The maximum atomic E-state index is 10.3. The molecule has 0 N–H and O–H groups in total. The van der Waals surface area contributed by atoms with E-state index >= 15 is 0 Å². The van der Waals surface area contributed by atoms with Gasteiger partial charge in [0.15, 0.2) is 11.6 Å². The standard InChI is InChI=1S/C6H4O2.C6H6.Na.H/c7-5-1-2-6(8)4-3-5;1-2-4-6-5-3-1;;/h1-4H;1-6H;;/q;;+1;-1. The molecule has 0 saturated carbocycles. The third-order valence-corrected chi connectivity index (χ3v) is 1.49. The van der Waals surface area contributed by atoms with Crippen LogP contribution in [-0.4, -0.2) is 11.6 Å². The molecule has 15 heavy (non-hydrogen) atoms. The minimum absolute atomic E-state index is 0. The Bertz CT molecular complexity index is 307. The molecular weight excluding hydrogens is 199 g/mol. The van der Waals surface area contributed by atoms with Crippen LogP contribution < -0.4 is 29.6 Å². The third-order valence-electron chi connectivity index (χ3n) is 1.49. The topological polar surface area (TPSA) is 34.1 Å². The predicted octanol–water partition coefficient (Wildman–Crippen LogP) is -0.946. The van der Waals surface area contributed by atoms with Crippen LogP contribution in [0, 0.1) is 0 Å². The Hall–Kier alpha value is -0.960. The van der Waals surface area contributed by atoms with E-state index in [-0.39, 0.29) is 42.6 Å². The minimum atomic E-state index is -0.121. The molecule has 0 atom stereocenters. The molecule has 0 heterocycles. The summed E-state index contributed by atoms with van der Waals surface area (Å²) in [6.07, 6.45) is 5.01. The molecule has 1 aromatic rings. The average molecular weight is 210 g/mol. The first-order valence-corrected chi connectivity index (χ1v) is 4.23. The maximum Gasteiger partial charge on any atom is 1.00 e. The summed E-state index contributed by atoms with van der Waals surface area (Å²) in [5.41, 5.74) is 0. The fourth-order valence-corrected chi connectivity index (χ4v) is 0.825. The molecule has 0 aliphatic heterocycles. The van der Waals surface area contributed by atoms with Gasteiger partial charge < -0.3 is 1.43 Å².